The van der Waals surface area contributed by atoms with Crippen LogP contribution in [-0.2, 0) is 6.54 Å². The number of fused-ring (bicyclic) bond motifs is 1. The molecular formula is C13H16N2O. The van der Waals surface area contributed by atoms with Gasteiger partial charge in [0.25, 0.3) is 0 Å². The molecule has 1 heterocycles. The van der Waals surface area contributed by atoms with Gasteiger partial charge >= 0.3 is 0 Å². The zero-order chi connectivity index (χ0) is 11.4. The molecule has 84 valence electrons. The van der Waals surface area contributed by atoms with E-state index >= 15 is 0 Å². The lowest BCUT2D eigenvalue weighted by atomic mass is 10.1. The quantitative estimate of drug-likeness (QED) is 0.851. The molecule has 2 aromatic rings. The highest BCUT2D eigenvalue weighted by atomic mass is 16.5. The fourth-order valence-electron chi connectivity index (χ4n) is 1.72. The van der Waals surface area contributed by atoms with E-state index in [1.165, 1.54) is 5.39 Å². The van der Waals surface area contributed by atoms with Crippen LogP contribution in [0.4, 0.5) is 0 Å². The minimum absolute atomic E-state index is 0.700. The molecule has 3 nitrogen and oxygen atoms in total. The number of aromatic nitrogens is 1. The summed E-state index contributed by atoms with van der Waals surface area (Å²) in [6.07, 6.45) is 0. The molecule has 1 aromatic carbocycles. The Morgan fingerprint density at radius 2 is 2.12 bits per heavy atom. The first-order valence-corrected chi connectivity index (χ1v) is 5.48. The van der Waals surface area contributed by atoms with Crippen molar-refractivity contribution >= 4 is 10.8 Å². The maximum absolute atomic E-state index is 5.31. The predicted molar refractivity (Wildman–Crippen MR) is 65.7 cm³/mol. The van der Waals surface area contributed by atoms with Crippen LogP contribution in [0.2, 0.25) is 0 Å². The molecule has 0 aliphatic carbocycles. The number of benzene rings is 1. The number of ether oxygens (including phenoxy) is 1. The second-order valence-electron chi connectivity index (χ2n) is 3.62. The lowest BCUT2D eigenvalue weighted by Crippen LogP contribution is -2.13. The smallest absolute Gasteiger partial charge is 0.221 e. The van der Waals surface area contributed by atoms with Gasteiger partial charge in [0.05, 0.1) is 12.8 Å². The zero-order valence-corrected chi connectivity index (χ0v) is 9.66. The Labute approximate surface area is 95.5 Å². The van der Waals surface area contributed by atoms with Gasteiger partial charge in [-0.1, -0.05) is 25.1 Å². The average Bonchev–Trinajstić information content (AvgIpc) is 2.35. The molecule has 0 saturated heterocycles. The SMILES string of the molecule is CCNCc1cc2ccccc2c(OC)n1. The van der Waals surface area contributed by atoms with E-state index in [0.29, 0.717) is 5.88 Å². The van der Waals surface area contributed by atoms with Crippen molar-refractivity contribution in [2.24, 2.45) is 0 Å². The van der Waals surface area contributed by atoms with E-state index in [4.69, 9.17) is 4.74 Å². The predicted octanol–water partition coefficient (Wildman–Crippen LogP) is 2.35. The number of methoxy groups -OCH3 is 1. The standard InChI is InChI=1S/C13H16N2O/c1-3-14-9-11-8-10-6-4-5-7-12(10)13(15-11)16-2/h4-8,14H,3,9H2,1-2H3. The molecule has 3 heteroatoms. The summed E-state index contributed by atoms with van der Waals surface area (Å²) in [5, 5.41) is 5.49. The second-order valence-corrected chi connectivity index (χ2v) is 3.62. The van der Waals surface area contributed by atoms with Crippen LogP contribution < -0.4 is 10.1 Å². The minimum Gasteiger partial charge on any atom is -0.481 e. The maximum Gasteiger partial charge on any atom is 0.221 e. The highest BCUT2D eigenvalue weighted by Gasteiger charge is 2.05. The monoisotopic (exact) mass is 216 g/mol. The highest BCUT2D eigenvalue weighted by molar-refractivity contribution is 5.87. The van der Waals surface area contributed by atoms with Crippen LogP contribution in [-0.4, -0.2) is 18.6 Å². The summed E-state index contributed by atoms with van der Waals surface area (Å²) >= 11 is 0. The van der Waals surface area contributed by atoms with Gasteiger partial charge < -0.3 is 10.1 Å². The molecule has 16 heavy (non-hydrogen) atoms. The largest absolute Gasteiger partial charge is 0.481 e. The van der Waals surface area contributed by atoms with E-state index in [-0.39, 0.29) is 0 Å². The van der Waals surface area contributed by atoms with Crippen LogP contribution in [0.1, 0.15) is 12.6 Å². The Bertz CT molecular complexity index is 482. The molecule has 0 bridgehead atoms. The summed E-state index contributed by atoms with van der Waals surface area (Å²) in [5.74, 6) is 0.700. The van der Waals surface area contributed by atoms with Crippen LogP contribution in [0.5, 0.6) is 5.88 Å². The van der Waals surface area contributed by atoms with Gasteiger partial charge in [-0.15, -0.1) is 0 Å². The summed E-state index contributed by atoms with van der Waals surface area (Å²) in [6, 6.07) is 10.2. The molecule has 0 fully saturated rings. The molecule has 0 saturated carbocycles. The Morgan fingerprint density at radius 3 is 2.88 bits per heavy atom. The summed E-state index contributed by atoms with van der Waals surface area (Å²) in [4.78, 5) is 4.47. The molecule has 1 N–H and O–H groups in total. The van der Waals surface area contributed by atoms with Gasteiger partial charge in [-0.3, -0.25) is 0 Å². The number of nitrogens with zero attached hydrogens (tertiary/aromatic N) is 1. The molecule has 0 aliphatic heterocycles. The van der Waals surface area contributed by atoms with Crippen LogP contribution in [0.3, 0.4) is 0 Å². The van der Waals surface area contributed by atoms with Gasteiger partial charge in [-0.25, -0.2) is 4.98 Å². The van der Waals surface area contributed by atoms with Gasteiger partial charge in [-0.2, -0.15) is 0 Å². The minimum atomic E-state index is 0.700. The molecule has 2 rings (SSSR count). The number of nitrogens with one attached hydrogen (secondary N) is 1. The summed E-state index contributed by atoms with van der Waals surface area (Å²) in [5.41, 5.74) is 1.01. The van der Waals surface area contributed by atoms with E-state index in [1.807, 2.05) is 18.2 Å². The first kappa shape index (κ1) is 10.9. The highest BCUT2D eigenvalue weighted by Crippen LogP contribution is 2.23. The van der Waals surface area contributed by atoms with E-state index in [0.717, 1.165) is 24.2 Å². The van der Waals surface area contributed by atoms with Gasteiger partial charge in [-0.05, 0) is 24.1 Å². The van der Waals surface area contributed by atoms with Crippen molar-refractivity contribution in [2.45, 2.75) is 13.5 Å². The van der Waals surface area contributed by atoms with Crippen LogP contribution >= 0.6 is 0 Å². The zero-order valence-electron chi connectivity index (χ0n) is 9.66. The number of hydrogen-bond donors (Lipinski definition) is 1. The molecule has 0 radical (unpaired) electrons. The third-order valence-electron chi connectivity index (χ3n) is 2.51. The lowest BCUT2D eigenvalue weighted by Gasteiger charge is -2.08. The van der Waals surface area contributed by atoms with Gasteiger partial charge in [0.1, 0.15) is 0 Å². The van der Waals surface area contributed by atoms with Crippen LogP contribution in [0.25, 0.3) is 10.8 Å². The average molecular weight is 216 g/mol. The number of rotatable bonds is 4. The molecular weight excluding hydrogens is 200 g/mol. The summed E-state index contributed by atoms with van der Waals surface area (Å²) in [6.45, 7) is 3.80. The summed E-state index contributed by atoms with van der Waals surface area (Å²) in [7, 11) is 1.66. The summed E-state index contributed by atoms with van der Waals surface area (Å²) < 4.78 is 5.31. The van der Waals surface area contributed by atoms with Gasteiger partial charge in [0, 0.05) is 11.9 Å². The maximum atomic E-state index is 5.31. The Hall–Kier alpha value is -1.61. The van der Waals surface area contributed by atoms with Crippen molar-refractivity contribution in [3.8, 4) is 5.88 Å². The van der Waals surface area contributed by atoms with Crippen molar-refractivity contribution in [3.63, 3.8) is 0 Å². The Balaban J connectivity index is 2.46. The Kier molecular flexibility index (Phi) is 3.37. The topological polar surface area (TPSA) is 34.1 Å². The number of pyridine rings is 1. The fourth-order valence-corrected chi connectivity index (χ4v) is 1.72. The molecule has 0 aliphatic rings. The number of hydrogen-bond acceptors (Lipinski definition) is 3. The Morgan fingerprint density at radius 1 is 1.31 bits per heavy atom. The van der Waals surface area contributed by atoms with Crippen molar-refractivity contribution < 1.29 is 4.74 Å². The first-order chi connectivity index (χ1) is 7.85. The lowest BCUT2D eigenvalue weighted by molar-refractivity contribution is 0.401. The van der Waals surface area contributed by atoms with Crippen molar-refractivity contribution in [3.05, 3.63) is 36.0 Å². The third kappa shape index (κ3) is 2.14. The molecule has 0 atom stereocenters. The van der Waals surface area contributed by atoms with E-state index < -0.39 is 0 Å². The van der Waals surface area contributed by atoms with Gasteiger partial charge in [0.2, 0.25) is 5.88 Å². The van der Waals surface area contributed by atoms with Crippen molar-refractivity contribution in [1.29, 1.82) is 0 Å². The molecule has 0 spiro atoms. The van der Waals surface area contributed by atoms with Crippen molar-refractivity contribution in [1.82, 2.24) is 10.3 Å². The normalized spacial score (nSPS) is 10.6. The molecule has 1 aromatic heterocycles. The van der Waals surface area contributed by atoms with E-state index in [9.17, 15) is 0 Å². The first-order valence-electron chi connectivity index (χ1n) is 5.48. The van der Waals surface area contributed by atoms with E-state index in [2.05, 4.69) is 29.4 Å². The molecule has 0 amide bonds. The third-order valence-corrected chi connectivity index (χ3v) is 2.51. The van der Waals surface area contributed by atoms with Gasteiger partial charge in [0.15, 0.2) is 0 Å². The fraction of sp³-hybridized carbons (Fsp3) is 0.308. The van der Waals surface area contributed by atoms with Crippen LogP contribution in [0.15, 0.2) is 30.3 Å². The van der Waals surface area contributed by atoms with Crippen molar-refractivity contribution in [2.75, 3.05) is 13.7 Å². The van der Waals surface area contributed by atoms with Crippen LogP contribution in [0, 0.1) is 0 Å². The molecule has 0 unspecified atom stereocenters. The second kappa shape index (κ2) is 4.94. The van der Waals surface area contributed by atoms with E-state index in [1.54, 1.807) is 7.11 Å².